The Balaban J connectivity index is 2.24. The smallest absolute Gasteiger partial charge is 0.220 e. The highest BCUT2D eigenvalue weighted by Crippen LogP contribution is 2.23. The number of carbonyl (C=O) groups excluding carboxylic acids is 1. The molecule has 6 N–H and O–H groups in total. The van der Waals surface area contributed by atoms with Crippen molar-refractivity contribution in [3.63, 3.8) is 0 Å². The van der Waals surface area contributed by atoms with Gasteiger partial charge in [-0.3, -0.25) is 4.79 Å². The van der Waals surface area contributed by atoms with Crippen LogP contribution in [0.3, 0.4) is 0 Å². The van der Waals surface area contributed by atoms with E-state index in [4.69, 9.17) is 9.47 Å². The molecule has 0 radical (unpaired) electrons. The monoisotopic (exact) mass is 960 g/mol. The Labute approximate surface area is 418 Å². The number of amides is 1. The van der Waals surface area contributed by atoms with Gasteiger partial charge in [-0.1, -0.05) is 249 Å². The first-order chi connectivity index (χ1) is 33.3. The van der Waals surface area contributed by atoms with Crippen LogP contribution in [-0.2, 0) is 14.3 Å². The van der Waals surface area contributed by atoms with Crippen molar-refractivity contribution in [2.24, 2.45) is 0 Å². The Morgan fingerprint density at radius 1 is 0.500 bits per heavy atom. The standard InChI is InChI=1S/C59H109NO8/c1-3-5-7-9-11-13-15-17-19-21-23-24-25-26-27-28-29-31-32-34-36-38-40-42-44-46-48-53(62)52(51-67-59-58(66)57(65)56(64)54(50-61)68-59)60-55(63)49-47-45-43-41-39-37-35-33-30-22-20-18-16-14-12-10-8-6-4-2/h12,14,18,20,30,33,46,48,52-54,56-59,61-62,64-66H,3-11,13,15-17,19,21-29,31-32,34-45,47,49-51H2,1-2H3,(H,60,63)/b14-12-,20-18-,33-30-,48-46+. The van der Waals surface area contributed by atoms with Crippen molar-refractivity contribution in [1.82, 2.24) is 5.32 Å². The van der Waals surface area contributed by atoms with Gasteiger partial charge in [0.1, 0.15) is 24.4 Å². The third kappa shape index (κ3) is 37.9. The second-order valence-corrected chi connectivity index (χ2v) is 20.1. The molecular formula is C59H109NO8. The van der Waals surface area contributed by atoms with Crippen LogP contribution >= 0.6 is 0 Å². The number of rotatable bonds is 49. The van der Waals surface area contributed by atoms with E-state index in [1.54, 1.807) is 6.08 Å². The average Bonchev–Trinajstić information content (AvgIpc) is 3.34. The van der Waals surface area contributed by atoms with Crippen LogP contribution in [0.2, 0.25) is 0 Å². The van der Waals surface area contributed by atoms with E-state index >= 15 is 0 Å². The van der Waals surface area contributed by atoms with Crippen molar-refractivity contribution in [3.8, 4) is 0 Å². The average molecular weight is 961 g/mol. The fraction of sp³-hybridized carbons (Fsp3) is 0.847. The summed E-state index contributed by atoms with van der Waals surface area (Å²) in [5.74, 6) is -0.188. The van der Waals surface area contributed by atoms with Crippen molar-refractivity contribution in [2.45, 2.75) is 307 Å². The summed E-state index contributed by atoms with van der Waals surface area (Å²) < 4.78 is 11.3. The second-order valence-electron chi connectivity index (χ2n) is 20.1. The molecule has 0 aliphatic carbocycles. The Bertz CT molecular complexity index is 1210. The number of nitrogens with one attached hydrogen (secondary N) is 1. The van der Waals surface area contributed by atoms with Crippen LogP contribution in [-0.4, -0.2) is 87.5 Å². The molecule has 7 unspecified atom stereocenters. The quantitative estimate of drug-likeness (QED) is 0.0261. The number of unbranched alkanes of at least 4 members (excludes halogenated alkanes) is 33. The van der Waals surface area contributed by atoms with Gasteiger partial charge < -0.3 is 40.3 Å². The lowest BCUT2D eigenvalue weighted by atomic mass is 9.99. The van der Waals surface area contributed by atoms with Gasteiger partial charge >= 0.3 is 0 Å². The number of hydrogen-bond acceptors (Lipinski definition) is 8. The number of ether oxygens (including phenoxy) is 2. The topological polar surface area (TPSA) is 149 Å². The number of hydrogen-bond donors (Lipinski definition) is 6. The SMILES string of the molecule is CCCCC/C=C\C/C=C\C/C=C\CCCCCCCCC(=O)NC(COC1OC(CO)C(O)C(O)C1O)C(O)/C=C/CCCCCCCCCCCCCCCCCCCCCCCCCC. The summed E-state index contributed by atoms with van der Waals surface area (Å²) in [5.41, 5.74) is 0. The molecule has 7 atom stereocenters. The van der Waals surface area contributed by atoms with Gasteiger partial charge in [0.05, 0.1) is 25.4 Å². The lowest BCUT2D eigenvalue weighted by Gasteiger charge is -2.40. The van der Waals surface area contributed by atoms with Crippen LogP contribution in [0.4, 0.5) is 0 Å². The molecule has 398 valence electrons. The highest BCUT2D eigenvalue weighted by molar-refractivity contribution is 5.76. The van der Waals surface area contributed by atoms with Gasteiger partial charge in [-0.15, -0.1) is 0 Å². The minimum absolute atomic E-state index is 0.188. The van der Waals surface area contributed by atoms with Gasteiger partial charge in [0.25, 0.3) is 0 Å². The van der Waals surface area contributed by atoms with E-state index in [-0.39, 0.29) is 12.5 Å². The first kappa shape index (κ1) is 64.2. The zero-order valence-corrected chi connectivity index (χ0v) is 44.1. The predicted molar refractivity (Wildman–Crippen MR) is 286 cm³/mol. The second kappa shape index (κ2) is 48.8. The predicted octanol–water partition coefficient (Wildman–Crippen LogP) is 14.1. The van der Waals surface area contributed by atoms with Crippen molar-refractivity contribution < 1.29 is 39.8 Å². The molecule has 1 aliphatic rings. The van der Waals surface area contributed by atoms with Crippen LogP contribution in [0.1, 0.15) is 264 Å². The molecule has 9 heteroatoms. The van der Waals surface area contributed by atoms with Gasteiger partial charge in [-0.05, 0) is 57.8 Å². The van der Waals surface area contributed by atoms with Crippen LogP contribution in [0.25, 0.3) is 0 Å². The van der Waals surface area contributed by atoms with Gasteiger partial charge in [-0.25, -0.2) is 0 Å². The number of aliphatic hydroxyl groups is 5. The Kier molecular flexibility index (Phi) is 46.0. The van der Waals surface area contributed by atoms with Gasteiger partial charge in [0.15, 0.2) is 6.29 Å². The summed E-state index contributed by atoms with van der Waals surface area (Å²) in [6.07, 6.45) is 57.4. The number of allylic oxidation sites excluding steroid dienone is 7. The molecule has 9 nitrogen and oxygen atoms in total. The minimum atomic E-state index is -1.57. The molecule has 0 aromatic heterocycles. The normalized spacial score (nSPS) is 19.9. The number of carbonyl (C=O) groups is 1. The lowest BCUT2D eigenvalue weighted by Crippen LogP contribution is -2.60. The van der Waals surface area contributed by atoms with E-state index in [0.717, 1.165) is 64.2 Å². The molecule has 0 saturated carbocycles. The molecule has 68 heavy (non-hydrogen) atoms. The zero-order chi connectivity index (χ0) is 49.4. The van der Waals surface area contributed by atoms with Crippen molar-refractivity contribution in [2.75, 3.05) is 13.2 Å². The highest BCUT2D eigenvalue weighted by atomic mass is 16.7. The first-order valence-electron chi connectivity index (χ1n) is 28.9. The van der Waals surface area contributed by atoms with Crippen LogP contribution in [0, 0.1) is 0 Å². The zero-order valence-electron chi connectivity index (χ0n) is 44.1. The van der Waals surface area contributed by atoms with Gasteiger partial charge in [0, 0.05) is 6.42 Å². The summed E-state index contributed by atoms with van der Waals surface area (Å²) in [6, 6.07) is -0.814. The maximum Gasteiger partial charge on any atom is 0.220 e. The molecule has 1 heterocycles. The maximum absolute atomic E-state index is 13.0. The lowest BCUT2D eigenvalue weighted by molar-refractivity contribution is -0.302. The highest BCUT2D eigenvalue weighted by Gasteiger charge is 2.44. The third-order valence-corrected chi connectivity index (χ3v) is 13.6. The van der Waals surface area contributed by atoms with Crippen LogP contribution < -0.4 is 5.32 Å². The summed E-state index contributed by atoms with van der Waals surface area (Å²) in [6.45, 7) is 3.76. The number of aliphatic hydroxyl groups excluding tert-OH is 5. The van der Waals surface area contributed by atoms with E-state index in [0.29, 0.717) is 6.42 Å². The first-order valence-corrected chi connectivity index (χ1v) is 28.9. The molecule has 0 aromatic carbocycles. The fourth-order valence-electron chi connectivity index (χ4n) is 9.05. The molecular weight excluding hydrogens is 851 g/mol. The third-order valence-electron chi connectivity index (χ3n) is 13.6. The maximum atomic E-state index is 13.0. The summed E-state index contributed by atoms with van der Waals surface area (Å²) in [7, 11) is 0. The van der Waals surface area contributed by atoms with Gasteiger partial charge in [-0.2, -0.15) is 0 Å². The Hall–Kier alpha value is -1.85. The van der Waals surface area contributed by atoms with Crippen molar-refractivity contribution in [1.29, 1.82) is 0 Å². The van der Waals surface area contributed by atoms with E-state index in [1.807, 2.05) is 6.08 Å². The van der Waals surface area contributed by atoms with E-state index in [2.05, 4.69) is 55.6 Å². The molecule has 1 aliphatic heterocycles. The summed E-state index contributed by atoms with van der Waals surface area (Å²) in [5, 5.41) is 54.5. The van der Waals surface area contributed by atoms with Crippen LogP contribution in [0.15, 0.2) is 48.6 Å². The molecule has 1 fully saturated rings. The van der Waals surface area contributed by atoms with E-state index in [1.165, 1.54) is 180 Å². The largest absolute Gasteiger partial charge is 0.394 e. The summed E-state index contributed by atoms with van der Waals surface area (Å²) >= 11 is 0. The molecule has 0 bridgehead atoms. The molecule has 1 amide bonds. The molecule has 1 rings (SSSR count). The summed E-state index contributed by atoms with van der Waals surface area (Å²) in [4.78, 5) is 13.0. The van der Waals surface area contributed by atoms with Gasteiger partial charge in [0.2, 0.25) is 5.91 Å². The minimum Gasteiger partial charge on any atom is -0.394 e. The Morgan fingerprint density at radius 2 is 0.868 bits per heavy atom. The van der Waals surface area contributed by atoms with Crippen molar-refractivity contribution in [3.05, 3.63) is 48.6 Å². The fourth-order valence-corrected chi connectivity index (χ4v) is 9.05. The van der Waals surface area contributed by atoms with E-state index in [9.17, 15) is 30.3 Å². The molecule has 0 aromatic rings. The van der Waals surface area contributed by atoms with Crippen LogP contribution in [0.5, 0.6) is 0 Å². The van der Waals surface area contributed by atoms with E-state index < -0.39 is 49.5 Å². The van der Waals surface area contributed by atoms with Crippen molar-refractivity contribution >= 4 is 5.91 Å². The Morgan fingerprint density at radius 3 is 1.31 bits per heavy atom. The molecule has 1 saturated heterocycles. The molecule has 0 spiro atoms.